The molecule has 5 heteroatoms. The van der Waals surface area contributed by atoms with Crippen LogP contribution in [-0.4, -0.2) is 20.4 Å². The van der Waals surface area contributed by atoms with E-state index in [9.17, 15) is 4.79 Å². The van der Waals surface area contributed by atoms with Gasteiger partial charge in [-0.3, -0.25) is 9.36 Å². The number of nitrogens with zero attached hydrogens (tertiary/aromatic N) is 3. The molecule has 2 heterocycles. The quantitative estimate of drug-likeness (QED) is 0.735. The number of hydrogen-bond donors (Lipinski definition) is 1. The molecular formula is C13H10N4O. The molecule has 0 unspecified atom stereocenters. The predicted octanol–water partition coefficient (Wildman–Crippen LogP) is 1.52. The van der Waals surface area contributed by atoms with E-state index in [2.05, 4.69) is 9.97 Å². The van der Waals surface area contributed by atoms with Crippen molar-refractivity contribution in [2.45, 2.75) is 0 Å². The van der Waals surface area contributed by atoms with Crippen molar-refractivity contribution in [3.63, 3.8) is 0 Å². The summed E-state index contributed by atoms with van der Waals surface area (Å²) in [6.07, 6.45) is 3.07. The van der Waals surface area contributed by atoms with Crippen LogP contribution in [0.1, 0.15) is 10.5 Å². The van der Waals surface area contributed by atoms with E-state index in [1.807, 2.05) is 24.3 Å². The lowest BCUT2D eigenvalue weighted by Crippen LogP contribution is -2.16. The van der Waals surface area contributed by atoms with E-state index < -0.39 is 5.91 Å². The predicted molar refractivity (Wildman–Crippen MR) is 67.4 cm³/mol. The number of fused-ring (bicyclic) bond motifs is 1. The Kier molecular flexibility index (Phi) is 2.30. The zero-order valence-electron chi connectivity index (χ0n) is 9.45. The van der Waals surface area contributed by atoms with Gasteiger partial charge in [0.05, 0.1) is 5.52 Å². The van der Waals surface area contributed by atoms with Crippen LogP contribution in [0.4, 0.5) is 0 Å². The highest BCUT2D eigenvalue weighted by Crippen LogP contribution is 2.22. The van der Waals surface area contributed by atoms with Crippen LogP contribution in [0.5, 0.6) is 0 Å². The van der Waals surface area contributed by atoms with Gasteiger partial charge >= 0.3 is 0 Å². The van der Waals surface area contributed by atoms with Gasteiger partial charge in [-0.25, -0.2) is 9.97 Å². The summed E-state index contributed by atoms with van der Waals surface area (Å²) in [4.78, 5) is 19.6. The normalized spacial score (nSPS) is 10.7. The van der Waals surface area contributed by atoms with Crippen molar-refractivity contribution in [2.75, 3.05) is 0 Å². The largest absolute Gasteiger partial charge is 0.364 e. The summed E-state index contributed by atoms with van der Waals surface area (Å²) in [5, 5.41) is 0.949. The summed E-state index contributed by atoms with van der Waals surface area (Å²) in [5.74, 6) is 0.143. The first-order valence-corrected chi connectivity index (χ1v) is 5.44. The van der Waals surface area contributed by atoms with Gasteiger partial charge < -0.3 is 5.73 Å². The van der Waals surface area contributed by atoms with Crippen molar-refractivity contribution in [1.29, 1.82) is 0 Å². The van der Waals surface area contributed by atoms with Gasteiger partial charge in [0, 0.05) is 11.6 Å². The van der Waals surface area contributed by atoms with Crippen molar-refractivity contribution >= 4 is 16.8 Å². The van der Waals surface area contributed by atoms with Crippen LogP contribution >= 0.6 is 0 Å². The number of hydrogen-bond acceptors (Lipinski definition) is 3. The molecule has 18 heavy (non-hydrogen) atoms. The molecule has 0 aliphatic heterocycles. The molecule has 1 amide bonds. The topological polar surface area (TPSA) is 73.8 Å². The second-order valence-electron chi connectivity index (χ2n) is 3.86. The lowest BCUT2D eigenvalue weighted by atomic mass is 10.2. The average Bonchev–Trinajstić information content (AvgIpc) is 2.79. The second-order valence-corrected chi connectivity index (χ2v) is 3.86. The molecule has 1 aromatic carbocycles. The molecule has 0 aliphatic rings. The third-order valence-corrected chi connectivity index (χ3v) is 2.76. The van der Waals surface area contributed by atoms with Crippen molar-refractivity contribution in [3.05, 3.63) is 54.6 Å². The molecule has 0 aliphatic carbocycles. The maximum Gasteiger partial charge on any atom is 0.265 e. The summed E-state index contributed by atoms with van der Waals surface area (Å²) in [6.45, 7) is 0. The Balaban J connectivity index is 2.38. The Bertz CT molecular complexity index is 718. The molecule has 2 N–H and O–H groups in total. The van der Waals surface area contributed by atoms with Gasteiger partial charge in [-0.1, -0.05) is 18.2 Å². The fourth-order valence-corrected chi connectivity index (χ4v) is 2.00. The Morgan fingerprint density at radius 1 is 1.22 bits per heavy atom. The fraction of sp³-hybridized carbons (Fsp3) is 0. The average molecular weight is 238 g/mol. The zero-order chi connectivity index (χ0) is 12.5. The van der Waals surface area contributed by atoms with Gasteiger partial charge in [0.1, 0.15) is 17.8 Å². The molecular weight excluding hydrogens is 228 g/mol. The number of rotatable bonds is 2. The monoisotopic (exact) mass is 238 g/mol. The molecule has 0 saturated heterocycles. The molecule has 0 fully saturated rings. The molecule has 0 bridgehead atoms. The third-order valence-electron chi connectivity index (χ3n) is 2.76. The van der Waals surface area contributed by atoms with Crippen LogP contribution in [0.15, 0.2) is 48.9 Å². The highest BCUT2D eigenvalue weighted by Gasteiger charge is 2.14. The van der Waals surface area contributed by atoms with E-state index in [4.69, 9.17) is 5.73 Å². The Morgan fingerprint density at radius 3 is 2.78 bits per heavy atom. The van der Waals surface area contributed by atoms with Crippen LogP contribution in [0.2, 0.25) is 0 Å². The maximum absolute atomic E-state index is 11.5. The minimum absolute atomic E-state index is 0.412. The van der Waals surface area contributed by atoms with Crippen molar-refractivity contribution in [3.8, 4) is 5.82 Å². The molecule has 88 valence electrons. The molecule has 0 radical (unpaired) electrons. The van der Waals surface area contributed by atoms with Crippen LogP contribution in [0.3, 0.4) is 0 Å². The van der Waals surface area contributed by atoms with E-state index in [0.29, 0.717) is 11.5 Å². The zero-order valence-corrected chi connectivity index (χ0v) is 9.45. The second kappa shape index (κ2) is 3.96. The number of carbonyl (C=O) groups excluding carboxylic acids is 1. The van der Waals surface area contributed by atoms with E-state index in [1.165, 1.54) is 6.33 Å². The van der Waals surface area contributed by atoms with Crippen LogP contribution in [0, 0.1) is 0 Å². The van der Waals surface area contributed by atoms with E-state index >= 15 is 0 Å². The van der Waals surface area contributed by atoms with Gasteiger partial charge in [0.2, 0.25) is 0 Å². The number of primary amides is 1. The van der Waals surface area contributed by atoms with Crippen molar-refractivity contribution in [1.82, 2.24) is 14.5 Å². The summed E-state index contributed by atoms with van der Waals surface area (Å²) >= 11 is 0. The van der Waals surface area contributed by atoms with Crippen molar-refractivity contribution < 1.29 is 4.79 Å². The lowest BCUT2D eigenvalue weighted by molar-refractivity contribution is 0.0994. The molecule has 0 saturated carbocycles. The van der Waals surface area contributed by atoms with Gasteiger partial charge in [-0.15, -0.1) is 0 Å². The Labute approximate surface area is 103 Å². The Hall–Kier alpha value is -2.69. The number of aromatic nitrogens is 3. The highest BCUT2D eigenvalue weighted by molar-refractivity contribution is 5.98. The third kappa shape index (κ3) is 1.53. The SMILES string of the molecule is NC(=O)c1cc2ccccc2n1-c1ccncn1. The number of amides is 1. The summed E-state index contributed by atoms with van der Waals surface area (Å²) in [6, 6.07) is 11.2. The lowest BCUT2D eigenvalue weighted by Gasteiger charge is -2.06. The first-order valence-electron chi connectivity index (χ1n) is 5.44. The minimum atomic E-state index is -0.482. The number of para-hydroxylation sites is 1. The summed E-state index contributed by atoms with van der Waals surface area (Å²) in [5.41, 5.74) is 6.72. The molecule has 3 aromatic rings. The van der Waals surface area contributed by atoms with E-state index in [1.54, 1.807) is 22.9 Å². The van der Waals surface area contributed by atoms with Crippen LogP contribution in [-0.2, 0) is 0 Å². The highest BCUT2D eigenvalue weighted by atomic mass is 16.1. The van der Waals surface area contributed by atoms with Crippen LogP contribution in [0.25, 0.3) is 16.7 Å². The molecule has 3 rings (SSSR count). The van der Waals surface area contributed by atoms with Crippen LogP contribution < -0.4 is 5.73 Å². The number of carbonyl (C=O) groups is 1. The van der Waals surface area contributed by atoms with Gasteiger partial charge in [-0.2, -0.15) is 0 Å². The molecule has 5 nitrogen and oxygen atoms in total. The summed E-state index contributed by atoms with van der Waals surface area (Å²) < 4.78 is 1.74. The fourth-order valence-electron chi connectivity index (χ4n) is 2.00. The van der Waals surface area contributed by atoms with Gasteiger partial charge in [0.15, 0.2) is 0 Å². The smallest absolute Gasteiger partial charge is 0.265 e. The van der Waals surface area contributed by atoms with E-state index in [-0.39, 0.29) is 0 Å². The minimum Gasteiger partial charge on any atom is -0.364 e. The standard InChI is InChI=1S/C13H10N4O/c14-13(18)11-7-9-3-1-2-4-10(9)17(11)12-5-6-15-8-16-12/h1-8H,(H2,14,18). The molecule has 0 spiro atoms. The van der Waals surface area contributed by atoms with Gasteiger partial charge in [-0.05, 0) is 18.2 Å². The molecule has 2 aromatic heterocycles. The Morgan fingerprint density at radius 2 is 2.06 bits per heavy atom. The number of nitrogens with two attached hydrogens (primary N) is 1. The first-order chi connectivity index (χ1) is 8.77. The van der Waals surface area contributed by atoms with Crippen molar-refractivity contribution in [2.24, 2.45) is 5.73 Å². The molecule has 0 atom stereocenters. The van der Waals surface area contributed by atoms with E-state index in [0.717, 1.165) is 10.9 Å². The summed E-state index contributed by atoms with van der Waals surface area (Å²) in [7, 11) is 0. The van der Waals surface area contributed by atoms with Gasteiger partial charge in [0.25, 0.3) is 5.91 Å². The first kappa shape index (κ1) is 10.5. The maximum atomic E-state index is 11.5. The number of benzene rings is 1.